The van der Waals surface area contributed by atoms with Crippen molar-refractivity contribution in [2.24, 2.45) is 0 Å². The van der Waals surface area contributed by atoms with Gasteiger partial charge in [-0.2, -0.15) is 13.2 Å². The van der Waals surface area contributed by atoms with Gasteiger partial charge in [0.1, 0.15) is 0 Å². The van der Waals surface area contributed by atoms with E-state index in [1.54, 1.807) is 6.07 Å². The Kier molecular flexibility index (Phi) is 6.73. The first kappa shape index (κ1) is 21.2. The zero-order chi connectivity index (χ0) is 20.3. The number of alkyl halides is 3. The van der Waals surface area contributed by atoms with E-state index >= 15 is 0 Å². The molecule has 0 spiro atoms. The average molecular weight is 419 g/mol. The van der Waals surface area contributed by atoms with Gasteiger partial charge in [0.15, 0.2) is 0 Å². The van der Waals surface area contributed by atoms with Gasteiger partial charge in [-0.25, -0.2) is 0 Å². The van der Waals surface area contributed by atoms with E-state index in [0.717, 1.165) is 38.8 Å². The van der Waals surface area contributed by atoms with Crippen molar-refractivity contribution in [2.45, 2.75) is 13.1 Å². The number of carbonyl (C=O) groups is 1. The summed E-state index contributed by atoms with van der Waals surface area (Å²) in [5.41, 5.74) is -0.297. The highest BCUT2D eigenvalue weighted by molar-refractivity contribution is 6.31. The van der Waals surface area contributed by atoms with Gasteiger partial charge in [-0.15, -0.1) is 0 Å². The Bertz CT molecular complexity index is 684. The Morgan fingerprint density at radius 1 is 1.00 bits per heavy atom. The summed E-state index contributed by atoms with van der Waals surface area (Å²) in [6.07, 6.45) is -4.47. The molecule has 156 valence electrons. The monoisotopic (exact) mass is 418 g/mol. The molecule has 0 aromatic heterocycles. The third-order valence-electron chi connectivity index (χ3n) is 5.52. The largest absolute Gasteiger partial charge is 0.417 e. The maximum absolute atomic E-state index is 13.1. The third-order valence-corrected chi connectivity index (χ3v) is 5.85. The number of anilines is 1. The molecular weight excluding hydrogens is 393 g/mol. The van der Waals surface area contributed by atoms with Gasteiger partial charge in [0, 0.05) is 58.0 Å². The highest BCUT2D eigenvalue weighted by Gasteiger charge is 2.34. The first-order chi connectivity index (χ1) is 13.3. The van der Waals surface area contributed by atoms with Crippen molar-refractivity contribution >= 4 is 23.2 Å². The normalized spacial score (nSPS) is 19.9. The molecule has 0 aliphatic carbocycles. The van der Waals surface area contributed by atoms with Gasteiger partial charge in [-0.3, -0.25) is 9.69 Å². The third kappa shape index (κ3) is 5.10. The minimum atomic E-state index is -4.47. The Labute approximate surface area is 168 Å². The Balaban J connectivity index is 1.52. The molecule has 2 heterocycles. The molecule has 2 aliphatic heterocycles. The fourth-order valence-corrected chi connectivity index (χ4v) is 3.92. The zero-order valence-electron chi connectivity index (χ0n) is 16.0. The van der Waals surface area contributed by atoms with E-state index in [-0.39, 0.29) is 10.9 Å². The number of piperazine rings is 2. The number of amides is 1. The average Bonchev–Trinajstić information content (AvgIpc) is 2.68. The summed E-state index contributed by atoms with van der Waals surface area (Å²) < 4.78 is 39.2. The van der Waals surface area contributed by atoms with Crippen molar-refractivity contribution in [3.05, 3.63) is 28.8 Å². The van der Waals surface area contributed by atoms with Gasteiger partial charge >= 0.3 is 6.18 Å². The van der Waals surface area contributed by atoms with Crippen LogP contribution in [0.5, 0.6) is 0 Å². The molecule has 1 aromatic carbocycles. The molecular formula is C19H26ClF3N4O. The molecule has 2 fully saturated rings. The van der Waals surface area contributed by atoms with Crippen molar-refractivity contribution in [1.82, 2.24) is 14.7 Å². The molecule has 0 saturated carbocycles. The van der Waals surface area contributed by atoms with E-state index in [4.69, 9.17) is 11.6 Å². The Morgan fingerprint density at radius 3 is 2.18 bits per heavy atom. The summed E-state index contributed by atoms with van der Waals surface area (Å²) in [5, 5.41) is -0.288. The summed E-state index contributed by atoms with van der Waals surface area (Å²) >= 11 is 5.70. The quantitative estimate of drug-likeness (QED) is 0.752. The number of hydrogen-bond donors (Lipinski definition) is 0. The number of likely N-dealkylation sites (N-methyl/N-ethyl adjacent to an activating group) is 1. The standard InChI is InChI=1S/C19H26ClF3N4O/c1-2-24-5-11-27(12-6-24)18(28)14-25-7-9-26(10-8-25)15-3-4-17(20)16(13-15)19(21,22)23/h3-4,13H,2,5-12,14H2,1H3. The molecule has 0 atom stereocenters. The minimum absolute atomic E-state index is 0.134. The SMILES string of the molecule is CCN1CCN(C(=O)CN2CCN(c3ccc(Cl)c(C(F)(F)F)c3)CC2)CC1. The zero-order valence-corrected chi connectivity index (χ0v) is 16.8. The lowest BCUT2D eigenvalue weighted by Gasteiger charge is -2.38. The number of carbonyl (C=O) groups excluding carboxylic acids is 1. The molecule has 0 bridgehead atoms. The fraction of sp³-hybridized carbons (Fsp3) is 0.632. The van der Waals surface area contributed by atoms with Crippen LogP contribution in [0.15, 0.2) is 18.2 Å². The van der Waals surface area contributed by atoms with Gasteiger partial charge in [-0.1, -0.05) is 18.5 Å². The predicted molar refractivity (Wildman–Crippen MR) is 104 cm³/mol. The molecule has 2 saturated heterocycles. The van der Waals surface area contributed by atoms with Gasteiger partial charge in [0.2, 0.25) is 5.91 Å². The van der Waals surface area contributed by atoms with Crippen LogP contribution in [0, 0.1) is 0 Å². The van der Waals surface area contributed by atoms with Crippen LogP contribution in [0.1, 0.15) is 12.5 Å². The second-order valence-corrected chi connectivity index (χ2v) is 7.65. The van der Waals surface area contributed by atoms with Crippen LogP contribution in [0.2, 0.25) is 5.02 Å². The summed E-state index contributed by atoms with van der Waals surface area (Å²) in [6, 6.07) is 4.02. The first-order valence-corrected chi connectivity index (χ1v) is 10.00. The molecule has 3 rings (SSSR count). The minimum Gasteiger partial charge on any atom is -0.369 e. The van der Waals surface area contributed by atoms with Crippen LogP contribution < -0.4 is 4.90 Å². The molecule has 1 amide bonds. The summed E-state index contributed by atoms with van der Waals surface area (Å²) in [6.45, 7) is 9.28. The van der Waals surface area contributed by atoms with Crippen molar-refractivity contribution in [1.29, 1.82) is 0 Å². The lowest BCUT2D eigenvalue weighted by Crippen LogP contribution is -2.53. The van der Waals surface area contributed by atoms with E-state index in [1.807, 2.05) is 9.80 Å². The topological polar surface area (TPSA) is 30.0 Å². The van der Waals surface area contributed by atoms with Crippen molar-refractivity contribution in [3.8, 4) is 0 Å². The molecule has 9 heteroatoms. The molecule has 0 N–H and O–H groups in total. The van der Waals surface area contributed by atoms with Crippen LogP contribution in [0.3, 0.4) is 0 Å². The fourth-order valence-electron chi connectivity index (χ4n) is 3.70. The summed E-state index contributed by atoms with van der Waals surface area (Å²) in [7, 11) is 0. The number of rotatable bonds is 4. The first-order valence-electron chi connectivity index (χ1n) is 9.62. The summed E-state index contributed by atoms with van der Waals surface area (Å²) in [4.78, 5) is 20.7. The molecule has 28 heavy (non-hydrogen) atoms. The van der Waals surface area contributed by atoms with Crippen LogP contribution in [0.4, 0.5) is 18.9 Å². The van der Waals surface area contributed by atoms with Crippen molar-refractivity contribution in [3.63, 3.8) is 0 Å². The number of nitrogens with zero attached hydrogens (tertiary/aromatic N) is 4. The second-order valence-electron chi connectivity index (χ2n) is 7.24. The van der Waals surface area contributed by atoms with Crippen LogP contribution >= 0.6 is 11.6 Å². The number of halogens is 4. The van der Waals surface area contributed by atoms with Gasteiger partial charge in [-0.05, 0) is 24.7 Å². The Hall–Kier alpha value is -1.51. The lowest BCUT2D eigenvalue weighted by molar-refractivity contribution is -0.137. The van der Waals surface area contributed by atoms with E-state index < -0.39 is 11.7 Å². The molecule has 2 aliphatic rings. The van der Waals surface area contributed by atoms with E-state index in [0.29, 0.717) is 38.4 Å². The second kappa shape index (κ2) is 8.88. The van der Waals surface area contributed by atoms with E-state index in [2.05, 4.69) is 16.7 Å². The van der Waals surface area contributed by atoms with E-state index in [1.165, 1.54) is 6.07 Å². The van der Waals surface area contributed by atoms with Crippen LogP contribution in [0.25, 0.3) is 0 Å². The number of benzene rings is 1. The van der Waals surface area contributed by atoms with Crippen molar-refractivity contribution in [2.75, 3.05) is 70.3 Å². The van der Waals surface area contributed by atoms with Crippen LogP contribution in [-0.4, -0.2) is 86.1 Å². The van der Waals surface area contributed by atoms with Gasteiger partial charge < -0.3 is 14.7 Å². The Morgan fingerprint density at radius 2 is 1.61 bits per heavy atom. The summed E-state index contributed by atoms with van der Waals surface area (Å²) in [5.74, 6) is 0.134. The molecule has 5 nitrogen and oxygen atoms in total. The predicted octanol–water partition coefficient (Wildman–Crippen LogP) is 2.64. The molecule has 0 radical (unpaired) electrons. The molecule has 1 aromatic rings. The van der Waals surface area contributed by atoms with Crippen molar-refractivity contribution < 1.29 is 18.0 Å². The van der Waals surface area contributed by atoms with Crippen LogP contribution in [-0.2, 0) is 11.0 Å². The smallest absolute Gasteiger partial charge is 0.369 e. The highest BCUT2D eigenvalue weighted by Crippen LogP contribution is 2.37. The lowest BCUT2D eigenvalue weighted by atomic mass is 10.1. The van der Waals surface area contributed by atoms with Gasteiger partial charge in [0.05, 0.1) is 17.1 Å². The number of hydrogen-bond acceptors (Lipinski definition) is 4. The van der Waals surface area contributed by atoms with Gasteiger partial charge in [0.25, 0.3) is 0 Å². The maximum Gasteiger partial charge on any atom is 0.417 e. The maximum atomic E-state index is 13.1. The highest BCUT2D eigenvalue weighted by atomic mass is 35.5. The molecule has 0 unspecified atom stereocenters. The van der Waals surface area contributed by atoms with E-state index in [9.17, 15) is 18.0 Å².